The number of terminal acetylenes is 1. The Morgan fingerprint density at radius 3 is 2.73 bits per heavy atom. The number of carbonyl (C=O) groups is 1. The van der Waals surface area contributed by atoms with Gasteiger partial charge in [0.1, 0.15) is 0 Å². The third-order valence-corrected chi connectivity index (χ3v) is 1.29. The molecule has 1 N–H and O–H groups in total. The Kier molecular flexibility index (Phi) is 3.82. The first-order valence-electron chi connectivity index (χ1n) is 3.16. The Hall–Kier alpha value is -1.43. The van der Waals surface area contributed by atoms with Gasteiger partial charge in [0.25, 0.3) is 0 Å². The molecule has 3 nitrogen and oxygen atoms in total. The van der Waals surface area contributed by atoms with Crippen molar-refractivity contribution in [1.82, 2.24) is 4.90 Å². The molecule has 0 aromatic rings. The highest BCUT2D eigenvalue weighted by atomic mass is 16.4. The molecule has 0 aliphatic carbocycles. The number of nitrogens with zero attached hydrogens (tertiary/aromatic N) is 1. The first-order chi connectivity index (χ1) is 5.07. The van der Waals surface area contributed by atoms with E-state index in [4.69, 9.17) is 11.5 Å². The van der Waals surface area contributed by atoms with Crippen LogP contribution in [0.5, 0.6) is 0 Å². The second-order valence-corrected chi connectivity index (χ2v) is 2.13. The lowest BCUT2D eigenvalue weighted by Crippen LogP contribution is -2.08. The number of rotatable bonds is 3. The van der Waals surface area contributed by atoms with Crippen LogP contribution in [0.2, 0.25) is 0 Å². The van der Waals surface area contributed by atoms with Crippen molar-refractivity contribution in [1.29, 1.82) is 0 Å². The molecule has 0 heterocycles. The molecule has 3 heteroatoms. The van der Waals surface area contributed by atoms with Crippen molar-refractivity contribution in [3.63, 3.8) is 0 Å². The van der Waals surface area contributed by atoms with E-state index in [9.17, 15) is 4.79 Å². The van der Waals surface area contributed by atoms with Crippen LogP contribution in [0, 0.1) is 12.5 Å². The SMILES string of the molecule is C#CN(C)/C(C)=C\CC(=O)O. The summed E-state index contributed by atoms with van der Waals surface area (Å²) in [6.07, 6.45) is 6.65. The number of hydrogen-bond acceptors (Lipinski definition) is 2. The van der Waals surface area contributed by atoms with Crippen LogP contribution in [-0.4, -0.2) is 23.0 Å². The van der Waals surface area contributed by atoms with E-state index in [0.29, 0.717) is 0 Å². The smallest absolute Gasteiger partial charge is 0.307 e. The molecule has 0 atom stereocenters. The van der Waals surface area contributed by atoms with Gasteiger partial charge in [0, 0.05) is 18.8 Å². The second kappa shape index (κ2) is 4.40. The van der Waals surface area contributed by atoms with Crippen molar-refractivity contribution in [2.24, 2.45) is 0 Å². The topological polar surface area (TPSA) is 40.5 Å². The molecule has 0 saturated carbocycles. The Morgan fingerprint density at radius 2 is 2.36 bits per heavy atom. The summed E-state index contributed by atoms with van der Waals surface area (Å²) in [4.78, 5) is 11.6. The maximum absolute atomic E-state index is 10.1. The molecule has 0 aliphatic heterocycles. The molecule has 11 heavy (non-hydrogen) atoms. The van der Waals surface area contributed by atoms with E-state index >= 15 is 0 Å². The van der Waals surface area contributed by atoms with E-state index in [1.165, 1.54) is 4.90 Å². The molecule has 0 aliphatic rings. The highest BCUT2D eigenvalue weighted by molar-refractivity contribution is 5.68. The summed E-state index contributed by atoms with van der Waals surface area (Å²) < 4.78 is 0. The fourth-order valence-electron chi connectivity index (χ4n) is 0.474. The summed E-state index contributed by atoms with van der Waals surface area (Å²) in [5.41, 5.74) is 0.773. The van der Waals surface area contributed by atoms with Gasteiger partial charge in [-0.3, -0.25) is 4.79 Å². The zero-order chi connectivity index (χ0) is 8.85. The first-order valence-corrected chi connectivity index (χ1v) is 3.16. The fourth-order valence-corrected chi connectivity index (χ4v) is 0.474. The molecule has 0 aromatic carbocycles. The Labute approximate surface area is 66.3 Å². The van der Waals surface area contributed by atoms with Crippen LogP contribution in [0.15, 0.2) is 11.8 Å². The molecular weight excluding hydrogens is 142 g/mol. The van der Waals surface area contributed by atoms with Gasteiger partial charge in [-0.1, -0.05) is 12.5 Å². The standard InChI is InChI=1S/C8H11NO2/c1-4-9(3)7(2)5-6-8(10)11/h1,5H,6H2,2-3H3,(H,10,11)/b7-5-. The predicted molar refractivity (Wildman–Crippen MR) is 42.6 cm³/mol. The molecule has 0 fully saturated rings. The molecule has 0 aromatic heterocycles. The van der Waals surface area contributed by atoms with Crippen LogP contribution in [0.1, 0.15) is 13.3 Å². The predicted octanol–water partition coefficient (Wildman–Crippen LogP) is 0.887. The zero-order valence-electron chi connectivity index (χ0n) is 6.66. The lowest BCUT2D eigenvalue weighted by atomic mass is 10.3. The highest BCUT2D eigenvalue weighted by Crippen LogP contribution is 1.98. The van der Waals surface area contributed by atoms with Crippen LogP contribution in [0.4, 0.5) is 0 Å². The Balaban J connectivity index is 4.02. The first kappa shape index (κ1) is 9.57. The van der Waals surface area contributed by atoms with Crippen LogP contribution in [0.3, 0.4) is 0 Å². The second-order valence-electron chi connectivity index (χ2n) is 2.13. The average molecular weight is 153 g/mol. The van der Waals surface area contributed by atoms with Gasteiger partial charge in [-0.05, 0) is 6.92 Å². The molecule has 0 rings (SSSR count). The minimum Gasteiger partial charge on any atom is -0.481 e. The monoisotopic (exact) mass is 153 g/mol. The zero-order valence-corrected chi connectivity index (χ0v) is 6.66. The molecule has 60 valence electrons. The maximum Gasteiger partial charge on any atom is 0.307 e. The number of hydrogen-bond donors (Lipinski definition) is 1. The minimum absolute atomic E-state index is 0.0118. The molecule has 0 spiro atoms. The normalized spacial score (nSPS) is 10.5. The third kappa shape index (κ3) is 4.04. The Morgan fingerprint density at radius 1 is 1.82 bits per heavy atom. The number of allylic oxidation sites excluding steroid dienone is 1. The molecule has 0 unspecified atom stereocenters. The summed E-state index contributed by atoms with van der Waals surface area (Å²) in [6.45, 7) is 1.77. The number of aliphatic carboxylic acids is 1. The van der Waals surface area contributed by atoms with E-state index in [1.807, 2.05) is 0 Å². The molecule has 0 amide bonds. The van der Waals surface area contributed by atoms with Crippen molar-refractivity contribution < 1.29 is 9.90 Å². The van der Waals surface area contributed by atoms with E-state index in [0.717, 1.165) is 5.70 Å². The minimum atomic E-state index is -0.852. The lowest BCUT2D eigenvalue weighted by molar-refractivity contribution is -0.136. The van der Waals surface area contributed by atoms with Crippen LogP contribution in [-0.2, 0) is 4.79 Å². The van der Waals surface area contributed by atoms with Gasteiger partial charge < -0.3 is 10.0 Å². The van der Waals surface area contributed by atoms with Crippen molar-refractivity contribution in [3.05, 3.63) is 11.8 Å². The Bertz CT molecular complexity index is 213. The van der Waals surface area contributed by atoms with Gasteiger partial charge in [0.05, 0.1) is 6.42 Å². The van der Waals surface area contributed by atoms with Crippen molar-refractivity contribution in [2.45, 2.75) is 13.3 Å². The summed E-state index contributed by atoms with van der Waals surface area (Å²) in [5.74, 6) is -0.852. The average Bonchev–Trinajstić information content (AvgIpc) is 1.98. The highest BCUT2D eigenvalue weighted by Gasteiger charge is 1.95. The van der Waals surface area contributed by atoms with E-state index in [1.54, 1.807) is 20.0 Å². The van der Waals surface area contributed by atoms with Gasteiger partial charge in [0.15, 0.2) is 0 Å². The van der Waals surface area contributed by atoms with Gasteiger partial charge in [-0.2, -0.15) is 0 Å². The summed E-state index contributed by atoms with van der Waals surface area (Å²) in [6, 6.07) is 2.36. The molecule has 0 bridgehead atoms. The van der Waals surface area contributed by atoms with E-state index in [-0.39, 0.29) is 6.42 Å². The molecule has 0 saturated heterocycles. The van der Waals surface area contributed by atoms with Crippen LogP contribution in [0.25, 0.3) is 0 Å². The summed E-state index contributed by atoms with van der Waals surface area (Å²) in [5, 5.41) is 8.30. The summed E-state index contributed by atoms with van der Waals surface area (Å²) in [7, 11) is 1.70. The van der Waals surface area contributed by atoms with Gasteiger partial charge in [-0.15, -0.1) is 0 Å². The molecule has 0 radical (unpaired) electrons. The van der Waals surface area contributed by atoms with Gasteiger partial charge in [-0.25, -0.2) is 0 Å². The number of carboxylic acid groups (broad SMARTS) is 1. The van der Waals surface area contributed by atoms with Crippen molar-refractivity contribution in [2.75, 3.05) is 7.05 Å². The van der Waals surface area contributed by atoms with E-state index in [2.05, 4.69) is 6.04 Å². The van der Waals surface area contributed by atoms with Crippen LogP contribution >= 0.6 is 0 Å². The van der Waals surface area contributed by atoms with Crippen molar-refractivity contribution >= 4 is 5.97 Å². The fraction of sp³-hybridized carbons (Fsp3) is 0.375. The maximum atomic E-state index is 10.1. The third-order valence-electron chi connectivity index (χ3n) is 1.29. The van der Waals surface area contributed by atoms with Crippen molar-refractivity contribution in [3.8, 4) is 12.5 Å². The van der Waals surface area contributed by atoms with Gasteiger partial charge in [0.2, 0.25) is 0 Å². The largest absolute Gasteiger partial charge is 0.481 e. The van der Waals surface area contributed by atoms with E-state index < -0.39 is 5.97 Å². The summed E-state index contributed by atoms with van der Waals surface area (Å²) >= 11 is 0. The van der Waals surface area contributed by atoms with Gasteiger partial charge >= 0.3 is 5.97 Å². The molecular formula is C8H11NO2. The van der Waals surface area contributed by atoms with Crippen LogP contribution < -0.4 is 0 Å². The quantitative estimate of drug-likeness (QED) is 0.483. The number of carboxylic acids is 1. The lowest BCUT2D eigenvalue weighted by Gasteiger charge is -2.09.